The fourth-order valence-electron chi connectivity index (χ4n) is 3.06. The molecule has 0 amide bonds. The smallest absolute Gasteiger partial charge is 0.0223 e. The monoisotopic (exact) mass is 240 g/mol. The lowest BCUT2D eigenvalue weighted by Crippen LogP contribution is -2.50. The van der Waals surface area contributed by atoms with Gasteiger partial charge >= 0.3 is 0 Å². The summed E-state index contributed by atoms with van der Waals surface area (Å²) < 4.78 is 0. The van der Waals surface area contributed by atoms with Gasteiger partial charge < -0.3 is 5.32 Å². The van der Waals surface area contributed by atoms with Crippen molar-refractivity contribution in [2.75, 3.05) is 13.1 Å². The van der Waals surface area contributed by atoms with E-state index in [9.17, 15) is 0 Å². The molecule has 1 aliphatic heterocycles. The van der Waals surface area contributed by atoms with Gasteiger partial charge in [0.15, 0.2) is 0 Å². The van der Waals surface area contributed by atoms with E-state index in [1.54, 1.807) is 0 Å². The quantitative estimate of drug-likeness (QED) is 0.766. The molecule has 0 aromatic heterocycles. The van der Waals surface area contributed by atoms with Crippen molar-refractivity contribution in [3.63, 3.8) is 0 Å². The molecule has 0 aromatic rings. The van der Waals surface area contributed by atoms with E-state index in [1.165, 1.54) is 38.8 Å². The Morgan fingerprint density at radius 3 is 2.41 bits per heavy atom. The molecule has 0 aliphatic carbocycles. The number of nitrogens with zero attached hydrogens (tertiary/aromatic N) is 1. The third-order valence-electron chi connectivity index (χ3n) is 4.20. The average Bonchev–Trinajstić information content (AvgIpc) is 2.29. The Hall–Kier alpha value is -0.0800. The molecule has 17 heavy (non-hydrogen) atoms. The van der Waals surface area contributed by atoms with Crippen LogP contribution in [0.15, 0.2) is 0 Å². The first kappa shape index (κ1) is 15.0. The first-order chi connectivity index (χ1) is 8.06. The van der Waals surface area contributed by atoms with Crippen LogP contribution < -0.4 is 5.32 Å². The molecule has 2 atom stereocenters. The number of piperidine rings is 1. The summed E-state index contributed by atoms with van der Waals surface area (Å²) >= 11 is 0. The maximum Gasteiger partial charge on any atom is 0.0223 e. The minimum atomic E-state index is 0.686. The minimum Gasteiger partial charge on any atom is -0.312 e. The van der Waals surface area contributed by atoms with E-state index in [4.69, 9.17) is 0 Å². The Labute approximate surface area is 108 Å². The van der Waals surface area contributed by atoms with Crippen LogP contribution in [0, 0.1) is 5.92 Å². The summed E-state index contributed by atoms with van der Waals surface area (Å²) in [5.74, 6) is 0.746. The molecule has 1 rings (SSSR count). The van der Waals surface area contributed by atoms with E-state index < -0.39 is 0 Å². The average molecular weight is 240 g/mol. The predicted octanol–water partition coefficient (Wildman–Crippen LogP) is 3.27. The van der Waals surface area contributed by atoms with Crippen molar-refractivity contribution in [2.24, 2.45) is 5.92 Å². The van der Waals surface area contributed by atoms with Crippen LogP contribution >= 0.6 is 0 Å². The molecule has 0 aromatic carbocycles. The maximum atomic E-state index is 3.78. The Kier molecular flexibility index (Phi) is 6.50. The number of rotatable bonds is 6. The van der Waals surface area contributed by atoms with Crippen molar-refractivity contribution in [3.05, 3.63) is 0 Å². The molecule has 2 heteroatoms. The molecule has 2 nitrogen and oxygen atoms in total. The molecule has 1 fully saturated rings. The van der Waals surface area contributed by atoms with E-state index in [0.29, 0.717) is 12.1 Å². The summed E-state index contributed by atoms with van der Waals surface area (Å²) in [5.41, 5.74) is 0. The highest BCUT2D eigenvalue weighted by atomic mass is 15.2. The van der Waals surface area contributed by atoms with E-state index >= 15 is 0 Å². The second-order valence-electron chi connectivity index (χ2n) is 6.15. The van der Waals surface area contributed by atoms with Crippen LogP contribution in [-0.2, 0) is 0 Å². The van der Waals surface area contributed by atoms with Crippen molar-refractivity contribution in [1.82, 2.24) is 10.2 Å². The Balaban J connectivity index is 2.42. The molecule has 1 N–H and O–H groups in total. The van der Waals surface area contributed by atoms with Crippen molar-refractivity contribution in [1.29, 1.82) is 0 Å². The first-order valence-corrected chi connectivity index (χ1v) is 7.55. The zero-order chi connectivity index (χ0) is 12.8. The Morgan fingerprint density at radius 1 is 1.18 bits per heavy atom. The number of nitrogens with one attached hydrogen (secondary N) is 1. The lowest BCUT2D eigenvalue weighted by molar-refractivity contribution is 0.106. The van der Waals surface area contributed by atoms with Crippen molar-refractivity contribution >= 4 is 0 Å². The highest BCUT2D eigenvalue weighted by Crippen LogP contribution is 2.19. The standard InChI is InChI=1S/C15H32N2/c1-6-15(12(2)3)16-11-14-9-7-8-10-17(14)13(4)5/h12-16H,6-11H2,1-5H3/t14-,15-/m0/s1. The van der Waals surface area contributed by atoms with E-state index in [0.717, 1.165) is 12.0 Å². The van der Waals surface area contributed by atoms with Gasteiger partial charge in [0, 0.05) is 24.7 Å². The lowest BCUT2D eigenvalue weighted by atomic mass is 9.98. The molecule has 0 saturated carbocycles. The summed E-state index contributed by atoms with van der Waals surface area (Å²) in [6, 6.07) is 2.14. The van der Waals surface area contributed by atoms with Crippen LogP contribution in [0.3, 0.4) is 0 Å². The van der Waals surface area contributed by atoms with Crippen molar-refractivity contribution in [3.8, 4) is 0 Å². The fraction of sp³-hybridized carbons (Fsp3) is 1.00. The van der Waals surface area contributed by atoms with Gasteiger partial charge in [-0.05, 0) is 45.6 Å². The van der Waals surface area contributed by atoms with Crippen molar-refractivity contribution in [2.45, 2.75) is 78.4 Å². The summed E-state index contributed by atoms with van der Waals surface area (Å²) in [4.78, 5) is 2.68. The van der Waals surface area contributed by atoms with Gasteiger partial charge in [0.1, 0.15) is 0 Å². The molecule has 0 radical (unpaired) electrons. The zero-order valence-corrected chi connectivity index (χ0v) is 12.5. The van der Waals surface area contributed by atoms with Gasteiger partial charge in [-0.1, -0.05) is 27.2 Å². The van der Waals surface area contributed by atoms with Gasteiger partial charge in [-0.25, -0.2) is 0 Å². The van der Waals surface area contributed by atoms with E-state index in [2.05, 4.69) is 44.8 Å². The first-order valence-electron chi connectivity index (χ1n) is 7.55. The molecule has 0 unspecified atom stereocenters. The molecule has 102 valence electrons. The topological polar surface area (TPSA) is 15.3 Å². The lowest BCUT2D eigenvalue weighted by Gasteiger charge is -2.39. The SMILES string of the molecule is CC[C@H](NC[C@@H]1CCCCN1C(C)C)C(C)C. The van der Waals surface area contributed by atoms with E-state index in [-0.39, 0.29) is 0 Å². The van der Waals surface area contributed by atoms with Gasteiger partial charge in [-0.2, -0.15) is 0 Å². The minimum absolute atomic E-state index is 0.686. The molecule has 0 bridgehead atoms. The van der Waals surface area contributed by atoms with Gasteiger partial charge in [-0.3, -0.25) is 4.90 Å². The van der Waals surface area contributed by atoms with Crippen LogP contribution in [0.25, 0.3) is 0 Å². The summed E-state index contributed by atoms with van der Waals surface area (Å²) in [6.45, 7) is 14.1. The van der Waals surface area contributed by atoms with Crippen molar-refractivity contribution < 1.29 is 0 Å². The summed E-state index contributed by atoms with van der Waals surface area (Å²) in [7, 11) is 0. The third-order valence-corrected chi connectivity index (χ3v) is 4.20. The van der Waals surface area contributed by atoms with Gasteiger partial charge in [-0.15, -0.1) is 0 Å². The van der Waals surface area contributed by atoms with Gasteiger partial charge in [0.25, 0.3) is 0 Å². The summed E-state index contributed by atoms with van der Waals surface area (Å²) in [6.07, 6.45) is 5.41. The predicted molar refractivity (Wildman–Crippen MR) is 76.4 cm³/mol. The second kappa shape index (κ2) is 7.38. The molecular weight excluding hydrogens is 208 g/mol. The zero-order valence-electron chi connectivity index (χ0n) is 12.5. The molecule has 1 heterocycles. The Morgan fingerprint density at radius 2 is 1.88 bits per heavy atom. The number of hydrogen-bond acceptors (Lipinski definition) is 2. The van der Waals surface area contributed by atoms with E-state index in [1.807, 2.05) is 0 Å². The van der Waals surface area contributed by atoms with Gasteiger partial charge in [0.05, 0.1) is 0 Å². The Bertz CT molecular complexity index is 201. The summed E-state index contributed by atoms with van der Waals surface area (Å²) in [5, 5.41) is 3.78. The molecule has 1 saturated heterocycles. The fourth-order valence-corrected chi connectivity index (χ4v) is 3.06. The second-order valence-corrected chi connectivity index (χ2v) is 6.15. The maximum absolute atomic E-state index is 3.78. The van der Waals surface area contributed by atoms with Gasteiger partial charge in [0.2, 0.25) is 0 Å². The van der Waals surface area contributed by atoms with Crippen LogP contribution in [0.4, 0.5) is 0 Å². The largest absolute Gasteiger partial charge is 0.312 e. The molecule has 0 spiro atoms. The number of likely N-dealkylation sites (tertiary alicyclic amines) is 1. The van der Waals surface area contributed by atoms with Crippen LogP contribution in [-0.4, -0.2) is 36.1 Å². The highest BCUT2D eigenvalue weighted by Gasteiger charge is 2.25. The third kappa shape index (κ3) is 4.59. The highest BCUT2D eigenvalue weighted by molar-refractivity contribution is 4.82. The van der Waals surface area contributed by atoms with Crippen LogP contribution in [0.5, 0.6) is 0 Å². The normalized spacial score (nSPS) is 24.5. The number of hydrogen-bond donors (Lipinski definition) is 1. The van der Waals surface area contributed by atoms with Crippen LogP contribution in [0.2, 0.25) is 0 Å². The molecular formula is C15H32N2. The molecule has 1 aliphatic rings. The van der Waals surface area contributed by atoms with Crippen LogP contribution in [0.1, 0.15) is 60.3 Å².